The van der Waals surface area contributed by atoms with E-state index in [1.165, 1.54) is 17.0 Å². The number of carbonyl (C=O) groups excluding carboxylic acids is 2. The van der Waals surface area contributed by atoms with Crippen molar-refractivity contribution in [1.82, 2.24) is 10.2 Å². The van der Waals surface area contributed by atoms with Crippen LogP contribution in [0.15, 0.2) is 54.6 Å². The lowest BCUT2D eigenvalue weighted by Gasteiger charge is -2.27. The smallest absolute Gasteiger partial charge is 0.258 e. The predicted octanol–water partition coefficient (Wildman–Crippen LogP) is 3.00. The van der Waals surface area contributed by atoms with Gasteiger partial charge in [-0.2, -0.15) is 0 Å². The molecular formula is C21H25FN2O3. The predicted molar refractivity (Wildman–Crippen MR) is 102 cm³/mol. The van der Waals surface area contributed by atoms with E-state index < -0.39 is 6.04 Å². The first-order valence-corrected chi connectivity index (χ1v) is 8.83. The molecular weight excluding hydrogens is 347 g/mol. The number of ether oxygens (including phenoxy) is 1. The second kappa shape index (κ2) is 9.71. The van der Waals surface area contributed by atoms with E-state index in [-0.39, 0.29) is 30.2 Å². The average molecular weight is 372 g/mol. The third-order valence-corrected chi connectivity index (χ3v) is 4.07. The van der Waals surface area contributed by atoms with Gasteiger partial charge in [0.05, 0.1) is 0 Å². The summed E-state index contributed by atoms with van der Waals surface area (Å²) in [6.45, 7) is 3.90. The lowest BCUT2D eigenvalue weighted by Crippen LogP contribution is -2.51. The van der Waals surface area contributed by atoms with Crippen LogP contribution >= 0.6 is 0 Å². The number of halogens is 1. The number of nitrogens with one attached hydrogen (secondary N) is 1. The monoisotopic (exact) mass is 372 g/mol. The zero-order valence-corrected chi connectivity index (χ0v) is 15.8. The van der Waals surface area contributed by atoms with Crippen LogP contribution in [0.25, 0.3) is 0 Å². The number of amides is 2. The van der Waals surface area contributed by atoms with E-state index in [0.717, 1.165) is 5.56 Å². The molecule has 0 fully saturated rings. The van der Waals surface area contributed by atoms with E-state index >= 15 is 0 Å². The minimum atomic E-state index is -0.665. The van der Waals surface area contributed by atoms with Crippen molar-refractivity contribution in [2.75, 3.05) is 13.7 Å². The Morgan fingerprint density at radius 3 is 2.30 bits per heavy atom. The molecule has 2 amide bonds. The van der Waals surface area contributed by atoms with Crippen LogP contribution in [0.5, 0.6) is 5.75 Å². The third kappa shape index (κ3) is 6.40. The number of nitrogens with zero attached hydrogens (tertiary/aromatic N) is 1. The summed E-state index contributed by atoms with van der Waals surface area (Å²) >= 11 is 0. The topological polar surface area (TPSA) is 58.6 Å². The minimum Gasteiger partial charge on any atom is -0.484 e. The molecule has 0 bridgehead atoms. The van der Waals surface area contributed by atoms with Gasteiger partial charge in [0.1, 0.15) is 17.6 Å². The first kappa shape index (κ1) is 20.4. The molecule has 1 atom stereocenters. The summed E-state index contributed by atoms with van der Waals surface area (Å²) in [6, 6.07) is 14.3. The molecule has 2 aromatic carbocycles. The Morgan fingerprint density at radius 2 is 1.70 bits per heavy atom. The second-order valence-corrected chi connectivity index (χ2v) is 6.71. The van der Waals surface area contributed by atoms with Crippen LogP contribution in [0.2, 0.25) is 0 Å². The molecule has 0 heterocycles. The average Bonchev–Trinajstić information content (AvgIpc) is 2.66. The molecule has 5 nitrogen and oxygen atoms in total. The summed E-state index contributed by atoms with van der Waals surface area (Å²) in [6.07, 6.45) is 0. The van der Waals surface area contributed by atoms with Crippen LogP contribution in [-0.2, 0) is 16.1 Å². The Labute approximate surface area is 159 Å². The van der Waals surface area contributed by atoms with E-state index in [9.17, 15) is 14.0 Å². The van der Waals surface area contributed by atoms with E-state index in [4.69, 9.17) is 4.74 Å². The molecule has 0 radical (unpaired) electrons. The fraction of sp³-hybridized carbons (Fsp3) is 0.333. The van der Waals surface area contributed by atoms with E-state index in [0.29, 0.717) is 12.3 Å². The van der Waals surface area contributed by atoms with Gasteiger partial charge in [0.25, 0.3) is 5.91 Å². The zero-order valence-electron chi connectivity index (χ0n) is 15.8. The quantitative estimate of drug-likeness (QED) is 0.775. The number of rotatable bonds is 8. The molecule has 0 aromatic heterocycles. The summed E-state index contributed by atoms with van der Waals surface area (Å²) in [4.78, 5) is 26.5. The highest BCUT2D eigenvalue weighted by Crippen LogP contribution is 2.11. The van der Waals surface area contributed by atoms with Gasteiger partial charge in [0.2, 0.25) is 5.91 Å². The molecule has 27 heavy (non-hydrogen) atoms. The molecule has 0 unspecified atom stereocenters. The molecule has 0 aliphatic rings. The van der Waals surface area contributed by atoms with Crippen molar-refractivity contribution in [2.24, 2.45) is 5.92 Å². The highest BCUT2D eigenvalue weighted by Gasteiger charge is 2.27. The van der Waals surface area contributed by atoms with Crippen molar-refractivity contribution in [3.8, 4) is 5.75 Å². The second-order valence-electron chi connectivity index (χ2n) is 6.71. The molecule has 0 aliphatic carbocycles. The number of hydrogen-bond acceptors (Lipinski definition) is 3. The van der Waals surface area contributed by atoms with Crippen LogP contribution in [0.4, 0.5) is 4.39 Å². The molecule has 6 heteroatoms. The van der Waals surface area contributed by atoms with Crippen LogP contribution in [0.1, 0.15) is 19.4 Å². The maximum atomic E-state index is 13.0. The van der Waals surface area contributed by atoms with Crippen molar-refractivity contribution < 1.29 is 18.7 Å². The van der Waals surface area contributed by atoms with Gasteiger partial charge < -0.3 is 15.0 Å². The fourth-order valence-electron chi connectivity index (χ4n) is 2.57. The molecule has 144 valence electrons. The van der Waals surface area contributed by atoms with E-state index in [1.54, 1.807) is 31.3 Å². The molecule has 0 spiro atoms. The fourth-order valence-corrected chi connectivity index (χ4v) is 2.57. The first-order chi connectivity index (χ1) is 12.9. The molecule has 0 saturated heterocycles. The SMILES string of the molecule is CC(C)[C@H](NC(=O)COc1ccccc1)C(=O)N(C)Cc1ccc(F)cc1. The summed E-state index contributed by atoms with van der Waals surface area (Å²) in [7, 11) is 1.66. The Hall–Kier alpha value is -2.89. The van der Waals surface area contributed by atoms with Crippen molar-refractivity contribution in [1.29, 1.82) is 0 Å². The van der Waals surface area contributed by atoms with Gasteiger partial charge in [0.15, 0.2) is 6.61 Å². The lowest BCUT2D eigenvalue weighted by atomic mass is 10.0. The van der Waals surface area contributed by atoms with E-state index in [1.807, 2.05) is 32.0 Å². The number of para-hydroxylation sites is 1. The van der Waals surface area contributed by atoms with Gasteiger partial charge in [0, 0.05) is 13.6 Å². The van der Waals surface area contributed by atoms with Gasteiger partial charge in [-0.05, 0) is 35.7 Å². The highest BCUT2D eigenvalue weighted by molar-refractivity contribution is 5.88. The largest absolute Gasteiger partial charge is 0.484 e. The van der Waals surface area contributed by atoms with Gasteiger partial charge in [-0.15, -0.1) is 0 Å². The van der Waals surface area contributed by atoms with Gasteiger partial charge in [-0.3, -0.25) is 9.59 Å². The standard InChI is InChI=1S/C21H25FN2O3/c1-15(2)20(23-19(25)14-27-18-7-5-4-6-8-18)21(26)24(3)13-16-9-11-17(22)12-10-16/h4-12,15,20H,13-14H2,1-3H3,(H,23,25)/t20-/m0/s1. The van der Waals surface area contributed by atoms with Gasteiger partial charge in [-0.25, -0.2) is 4.39 Å². The minimum absolute atomic E-state index is 0.0890. The Balaban J connectivity index is 1.93. The summed E-state index contributed by atoms with van der Waals surface area (Å²) in [5, 5.41) is 2.75. The van der Waals surface area contributed by atoms with Crippen molar-refractivity contribution in [2.45, 2.75) is 26.4 Å². The Kier molecular flexibility index (Phi) is 7.34. The third-order valence-electron chi connectivity index (χ3n) is 4.07. The number of likely N-dealkylation sites (N-methyl/N-ethyl adjacent to an activating group) is 1. The van der Waals surface area contributed by atoms with E-state index in [2.05, 4.69) is 5.32 Å². The lowest BCUT2D eigenvalue weighted by molar-refractivity contribution is -0.137. The zero-order chi connectivity index (χ0) is 19.8. The Morgan fingerprint density at radius 1 is 1.07 bits per heavy atom. The molecule has 2 rings (SSSR count). The highest BCUT2D eigenvalue weighted by atomic mass is 19.1. The normalized spacial score (nSPS) is 11.7. The molecule has 0 aliphatic heterocycles. The molecule has 0 saturated carbocycles. The molecule has 1 N–H and O–H groups in total. The van der Waals surface area contributed by atoms with Crippen LogP contribution in [-0.4, -0.2) is 36.4 Å². The summed E-state index contributed by atoms with van der Waals surface area (Å²) < 4.78 is 18.4. The van der Waals surface area contributed by atoms with Crippen LogP contribution in [0.3, 0.4) is 0 Å². The Bertz CT molecular complexity index is 748. The van der Waals surface area contributed by atoms with Crippen LogP contribution < -0.4 is 10.1 Å². The summed E-state index contributed by atoms with van der Waals surface area (Å²) in [5.41, 5.74) is 0.813. The van der Waals surface area contributed by atoms with Gasteiger partial charge >= 0.3 is 0 Å². The van der Waals surface area contributed by atoms with Crippen molar-refractivity contribution in [3.63, 3.8) is 0 Å². The first-order valence-electron chi connectivity index (χ1n) is 8.83. The van der Waals surface area contributed by atoms with Crippen LogP contribution in [0, 0.1) is 11.7 Å². The number of carbonyl (C=O) groups is 2. The number of hydrogen-bond donors (Lipinski definition) is 1. The molecule has 2 aromatic rings. The van der Waals surface area contributed by atoms with Gasteiger partial charge in [-0.1, -0.05) is 44.2 Å². The van der Waals surface area contributed by atoms with Crippen molar-refractivity contribution in [3.05, 3.63) is 66.0 Å². The summed E-state index contributed by atoms with van der Waals surface area (Å²) in [5.74, 6) is -0.385. The van der Waals surface area contributed by atoms with Crippen molar-refractivity contribution >= 4 is 11.8 Å². The maximum absolute atomic E-state index is 13.0. The number of benzene rings is 2. The maximum Gasteiger partial charge on any atom is 0.258 e.